The van der Waals surface area contributed by atoms with Crippen molar-refractivity contribution in [3.63, 3.8) is 0 Å². The molecular formula is C16H22N2O2. The third-order valence-electron chi connectivity index (χ3n) is 3.51. The van der Waals surface area contributed by atoms with Crippen LogP contribution in [0.4, 0.5) is 0 Å². The van der Waals surface area contributed by atoms with Gasteiger partial charge in [-0.25, -0.2) is 0 Å². The molecule has 1 unspecified atom stereocenters. The Morgan fingerprint density at radius 2 is 2.00 bits per heavy atom. The maximum Gasteiger partial charge on any atom is 0.118 e. The summed E-state index contributed by atoms with van der Waals surface area (Å²) in [4.78, 5) is 2.31. The quantitative estimate of drug-likeness (QED) is 0.843. The third kappa shape index (κ3) is 3.40. The van der Waals surface area contributed by atoms with Crippen LogP contribution in [0.5, 0.6) is 5.75 Å². The molecule has 0 saturated carbocycles. The summed E-state index contributed by atoms with van der Waals surface area (Å²) in [6, 6.07) is 12.2. The molecule has 108 valence electrons. The van der Waals surface area contributed by atoms with Gasteiger partial charge >= 0.3 is 0 Å². The number of rotatable bonds is 7. The van der Waals surface area contributed by atoms with Crippen LogP contribution in [-0.4, -0.2) is 25.1 Å². The maximum absolute atomic E-state index is 5.98. The monoisotopic (exact) mass is 274 g/mol. The SMILES string of the molecule is CCN(Cc1ccco1)C(CN)c1ccc(OC)cc1. The molecule has 0 saturated heterocycles. The average Bonchev–Trinajstić information content (AvgIpc) is 3.00. The van der Waals surface area contributed by atoms with Crippen molar-refractivity contribution in [2.45, 2.75) is 19.5 Å². The Morgan fingerprint density at radius 1 is 1.25 bits per heavy atom. The molecule has 0 fully saturated rings. The highest BCUT2D eigenvalue weighted by Gasteiger charge is 2.18. The standard InChI is InChI=1S/C16H22N2O2/c1-3-18(12-15-5-4-10-20-15)16(11-17)13-6-8-14(19-2)9-7-13/h4-10,16H,3,11-12,17H2,1-2H3. The molecule has 0 spiro atoms. The van der Waals surface area contributed by atoms with E-state index < -0.39 is 0 Å². The number of nitrogens with zero attached hydrogens (tertiary/aromatic N) is 1. The number of hydrogen-bond donors (Lipinski definition) is 1. The van der Waals surface area contributed by atoms with Gasteiger partial charge in [-0.1, -0.05) is 19.1 Å². The second-order valence-corrected chi connectivity index (χ2v) is 4.67. The average molecular weight is 274 g/mol. The number of likely N-dealkylation sites (N-methyl/N-ethyl adjacent to an activating group) is 1. The number of methoxy groups -OCH3 is 1. The Kier molecular flexibility index (Phi) is 5.21. The summed E-state index contributed by atoms with van der Waals surface area (Å²) in [7, 11) is 1.67. The van der Waals surface area contributed by atoms with Gasteiger partial charge in [0.1, 0.15) is 11.5 Å². The summed E-state index contributed by atoms with van der Waals surface area (Å²) >= 11 is 0. The van der Waals surface area contributed by atoms with Crippen LogP contribution in [0.25, 0.3) is 0 Å². The van der Waals surface area contributed by atoms with Crippen LogP contribution < -0.4 is 10.5 Å². The van der Waals surface area contributed by atoms with Crippen molar-refractivity contribution in [3.8, 4) is 5.75 Å². The van der Waals surface area contributed by atoms with Gasteiger partial charge in [-0.2, -0.15) is 0 Å². The minimum absolute atomic E-state index is 0.177. The van der Waals surface area contributed by atoms with Gasteiger partial charge in [0, 0.05) is 12.6 Å². The van der Waals surface area contributed by atoms with Gasteiger partial charge in [0.2, 0.25) is 0 Å². The summed E-state index contributed by atoms with van der Waals surface area (Å²) < 4.78 is 10.6. The fraction of sp³-hybridized carbons (Fsp3) is 0.375. The Morgan fingerprint density at radius 3 is 2.50 bits per heavy atom. The maximum atomic E-state index is 5.98. The van der Waals surface area contributed by atoms with Crippen LogP contribution in [0.2, 0.25) is 0 Å². The van der Waals surface area contributed by atoms with Crippen LogP contribution in [0.3, 0.4) is 0 Å². The van der Waals surface area contributed by atoms with E-state index in [0.717, 1.165) is 24.6 Å². The van der Waals surface area contributed by atoms with Gasteiger partial charge in [-0.15, -0.1) is 0 Å². The van der Waals surface area contributed by atoms with E-state index >= 15 is 0 Å². The first-order valence-corrected chi connectivity index (χ1v) is 6.89. The Bertz CT molecular complexity index is 494. The molecule has 2 aromatic rings. The highest BCUT2D eigenvalue weighted by molar-refractivity contribution is 5.29. The molecule has 1 aromatic heterocycles. The summed E-state index contributed by atoms with van der Waals surface area (Å²) in [6.45, 7) is 4.38. The van der Waals surface area contributed by atoms with Crippen LogP contribution in [0.15, 0.2) is 47.1 Å². The third-order valence-corrected chi connectivity index (χ3v) is 3.51. The number of nitrogens with two attached hydrogens (primary N) is 1. The van der Waals surface area contributed by atoms with Gasteiger partial charge in [-0.3, -0.25) is 4.90 Å². The zero-order valence-corrected chi connectivity index (χ0v) is 12.1. The van der Waals surface area contributed by atoms with Crippen molar-refractivity contribution in [3.05, 3.63) is 54.0 Å². The Balaban J connectivity index is 2.15. The van der Waals surface area contributed by atoms with Crippen LogP contribution in [-0.2, 0) is 6.54 Å². The minimum atomic E-state index is 0.177. The first kappa shape index (κ1) is 14.6. The molecule has 0 aliphatic rings. The van der Waals surface area contributed by atoms with Crippen molar-refractivity contribution < 1.29 is 9.15 Å². The molecule has 0 aliphatic carbocycles. The summed E-state index contributed by atoms with van der Waals surface area (Å²) in [5.41, 5.74) is 7.17. The predicted molar refractivity (Wildman–Crippen MR) is 79.6 cm³/mol. The number of benzene rings is 1. The van der Waals surface area contributed by atoms with Crippen LogP contribution in [0, 0.1) is 0 Å². The van der Waals surface area contributed by atoms with E-state index in [1.165, 1.54) is 5.56 Å². The number of hydrogen-bond acceptors (Lipinski definition) is 4. The number of furan rings is 1. The molecule has 1 aromatic carbocycles. The zero-order valence-electron chi connectivity index (χ0n) is 12.1. The first-order chi connectivity index (χ1) is 9.78. The van der Waals surface area contributed by atoms with E-state index in [2.05, 4.69) is 24.0 Å². The largest absolute Gasteiger partial charge is 0.497 e. The van der Waals surface area contributed by atoms with Crippen molar-refractivity contribution in [1.29, 1.82) is 0 Å². The van der Waals surface area contributed by atoms with E-state index in [1.807, 2.05) is 24.3 Å². The fourth-order valence-corrected chi connectivity index (χ4v) is 2.37. The lowest BCUT2D eigenvalue weighted by molar-refractivity contribution is 0.188. The van der Waals surface area contributed by atoms with Gasteiger partial charge in [0.25, 0.3) is 0 Å². The zero-order chi connectivity index (χ0) is 14.4. The molecule has 4 heteroatoms. The molecule has 1 atom stereocenters. The highest BCUT2D eigenvalue weighted by Crippen LogP contribution is 2.24. The second-order valence-electron chi connectivity index (χ2n) is 4.67. The lowest BCUT2D eigenvalue weighted by atomic mass is 10.0. The smallest absolute Gasteiger partial charge is 0.118 e. The van der Waals surface area contributed by atoms with Crippen molar-refractivity contribution >= 4 is 0 Å². The molecule has 4 nitrogen and oxygen atoms in total. The highest BCUT2D eigenvalue weighted by atomic mass is 16.5. The van der Waals surface area contributed by atoms with Crippen LogP contribution >= 0.6 is 0 Å². The second kappa shape index (κ2) is 7.12. The molecule has 1 heterocycles. The van der Waals surface area contributed by atoms with E-state index in [0.29, 0.717) is 6.54 Å². The predicted octanol–water partition coefficient (Wildman–Crippen LogP) is 2.81. The molecule has 2 rings (SSSR count). The molecular weight excluding hydrogens is 252 g/mol. The summed E-state index contributed by atoms with van der Waals surface area (Å²) in [5.74, 6) is 1.82. The summed E-state index contributed by atoms with van der Waals surface area (Å²) in [6.07, 6.45) is 1.70. The van der Waals surface area contributed by atoms with E-state index in [1.54, 1.807) is 13.4 Å². The molecule has 0 amide bonds. The van der Waals surface area contributed by atoms with Gasteiger partial charge in [0.15, 0.2) is 0 Å². The number of ether oxygens (including phenoxy) is 1. The lowest BCUT2D eigenvalue weighted by Gasteiger charge is -2.29. The van der Waals surface area contributed by atoms with Crippen molar-refractivity contribution in [2.75, 3.05) is 20.2 Å². The van der Waals surface area contributed by atoms with E-state index in [9.17, 15) is 0 Å². The Hall–Kier alpha value is -1.78. The van der Waals surface area contributed by atoms with Gasteiger partial charge < -0.3 is 14.9 Å². The molecule has 2 N–H and O–H groups in total. The normalized spacial score (nSPS) is 12.6. The fourth-order valence-electron chi connectivity index (χ4n) is 2.37. The van der Waals surface area contributed by atoms with Gasteiger partial charge in [-0.05, 0) is 36.4 Å². The topological polar surface area (TPSA) is 51.6 Å². The molecule has 0 aliphatic heterocycles. The van der Waals surface area contributed by atoms with Crippen LogP contribution in [0.1, 0.15) is 24.3 Å². The molecule has 20 heavy (non-hydrogen) atoms. The van der Waals surface area contributed by atoms with Crippen molar-refractivity contribution in [1.82, 2.24) is 4.90 Å². The van der Waals surface area contributed by atoms with E-state index in [-0.39, 0.29) is 6.04 Å². The van der Waals surface area contributed by atoms with Crippen molar-refractivity contribution in [2.24, 2.45) is 5.73 Å². The van der Waals surface area contributed by atoms with E-state index in [4.69, 9.17) is 14.9 Å². The summed E-state index contributed by atoms with van der Waals surface area (Å²) in [5, 5.41) is 0. The molecule has 0 radical (unpaired) electrons. The Labute approximate surface area is 120 Å². The van der Waals surface area contributed by atoms with Gasteiger partial charge in [0.05, 0.1) is 19.9 Å². The molecule has 0 bridgehead atoms. The first-order valence-electron chi connectivity index (χ1n) is 6.89. The minimum Gasteiger partial charge on any atom is -0.497 e. The lowest BCUT2D eigenvalue weighted by Crippen LogP contribution is -2.33.